The first kappa shape index (κ1) is 22.7. The van der Waals surface area contributed by atoms with Crippen LogP contribution in [0.15, 0.2) is 0 Å². The summed E-state index contributed by atoms with van der Waals surface area (Å²) in [7, 11) is 0. The van der Waals surface area contributed by atoms with Crippen LogP contribution in [0.4, 0.5) is 0 Å². The average Bonchev–Trinajstić information content (AvgIpc) is 2.11. The molecule has 0 spiro atoms. The van der Waals surface area contributed by atoms with Gasteiger partial charge in [0.1, 0.15) is 0 Å². The molecule has 0 bridgehead atoms. The van der Waals surface area contributed by atoms with Crippen LogP contribution in [0.1, 0.15) is 40.0 Å². The van der Waals surface area contributed by atoms with Gasteiger partial charge < -0.3 is 10.2 Å². The summed E-state index contributed by atoms with van der Waals surface area (Å²) in [6.45, 7) is 4.95. The van der Waals surface area contributed by atoms with Gasteiger partial charge in [0.25, 0.3) is 0 Å². The zero-order valence-electron chi connectivity index (χ0n) is 8.91. The second-order valence-electron chi connectivity index (χ2n) is 3.86. The summed E-state index contributed by atoms with van der Waals surface area (Å²) in [6, 6.07) is 0. The molecule has 16 heavy (non-hydrogen) atoms. The number of carboxylic acid groups (broad SMARTS) is 2. The van der Waals surface area contributed by atoms with Gasteiger partial charge in [0.15, 0.2) is 5.41 Å². The summed E-state index contributed by atoms with van der Waals surface area (Å²) in [5.74, 6) is -2.86. The van der Waals surface area contributed by atoms with E-state index in [-0.39, 0.29) is 86.9 Å². The predicted molar refractivity (Wildman–Crippen MR) is 66.4 cm³/mol. The van der Waals surface area contributed by atoms with Crippen molar-refractivity contribution in [3.63, 3.8) is 0 Å². The quantitative estimate of drug-likeness (QED) is 0.548. The number of hydrogen-bond acceptors (Lipinski definition) is 2. The van der Waals surface area contributed by atoms with E-state index in [9.17, 15) is 9.59 Å². The van der Waals surface area contributed by atoms with Crippen molar-refractivity contribution in [2.45, 2.75) is 40.0 Å². The third-order valence-corrected chi connectivity index (χ3v) is 2.86. The van der Waals surface area contributed by atoms with E-state index in [0.717, 1.165) is 12.8 Å². The fourth-order valence-corrected chi connectivity index (χ4v) is 1.31. The molecule has 4 nitrogen and oxygen atoms in total. The summed E-state index contributed by atoms with van der Waals surface area (Å²) < 4.78 is 0. The van der Waals surface area contributed by atoms with Gasteiger partial charge in [-0.3, -0.25) is 9.59 Å². The molecule has 6 heteroatoms. The van der Waals surface area contributed by atoms with Gasteiger partial charge >= 0.3 is 92.9 Å². The summed E-state index contributed by atoms with van der Waals surface area (Å²) in [5, 5.41) is 17.8. The number of carbonyl (C=O) groups is 2. The molecule has 0 amide bonds. The van der Waals surface area contributed by atoms with E-state index in [2.05, 4.69) is 0 Å². The van der Waals surface area contributed by atoms with Crippen molar-refractivity contribution < 1.29 is 19.8 Å². The Labute approximate surface area is 161 Å². The minimum atomic E-state index is -1.66. The summed E-state index contributed by atoms with van der Waals surface area (Å²) in [6.07, 6.45) is 2.43. The molecular weight excluding hydrogens is 246 g/mol. The minimum absolute atomic E-state index is 0. The fourth-order valence-electron chi connectivity index (χ4n) is 1.31. The van der Waals surface area contributed by atoms with Crippen LogP contribution in [0.3, 0.4) is 0 Å². The van der Waals surface area contributed by atoms with Gasteiger partial charge in [0.05, 0.1) is 0 Å². The summed E-state index contributed by atoms with van der Waals surface area (Å²) >= 11 is 0. The Morgan fingerprint density at radius 1 is 1.25 bits per heavy atom. The molecule has 0 aliphatic heterocycles. The first-order valence-corrected chi connectivity index (χ1v) is 4.84. The number of aliphatic carboxylic acids is 2. The molecule has 0 aromatic carbocycles. The van der Waals surface area contributed by atoms with E-state index in [1.807, 2.05) is 6.92 Å². The van der Waals surface area contributed by atoms with Crippen LogP contribution in [0, 0.1) is 11.3 Å². The molecular formula is C10H20KNaO4. The number of unbranched alkanes of at least 4 members (excludes halogenated alkanes) is 1. The molecule has 1 unspecified atom stereocenters. The summed E-state index contributed by atoms with van der Waals surface area (Å²) in [4.78, 5) is 21.8. The van der Waals surface area contributed by atoms with Crippen molar-refractivity contribution in [1.29, 1.82) is 0 Å². The zero-order chi connectivity index (χ0) is 11.4. The van der Waals surface area contributed by atoms with E-state index >= 15 is 0 Å². The first-order chi connectivity index (χ1) is 6.37. The maximum atomic E-state index is 10.9. The third-order valence-electron chi connectivity index (χ3n) is 2.86. The molecule has 2 N–H and O–H groups in total. The Balaban J connectivity index is -0.000000845. The number of hydrogen-bond donors (Lipinski definition) is 2. The van der Waals surface area contributed by atoms with Crippen LogP contribution in [0.25, 0.3) is 0 Å². The van der Waals surface area contributed by atoms with E-state index in [1.54, 1.807) is 6.92 Å². The molecule has 0 aliphatic rings. The van der Waals surface area contributed by atoms with Crippen LogP contribution < -0.4 is 0 Å². The van der Waals surface area contributed by atoms with Crippen LogP contribution in [-0.2, 0) is 9.59 Å². The molecule has 86 valence electrons. The van der Waals surface area contributed by atoms with Gasteiger partial charge in [-0.15, -0.1) is 0 Å². The molecule has 0 saturated carbocycles. The Hall–Kier alpha value is 1.58. The van der Waals surface area contributed by atoms with Crippen LogP contribution in [0.2, 0.25) is 0 Å². The van der Waals surface area contributed by atoms with Gasteiger partial charge in [-0.05, 0) is 19.3 Å². The SMILES string of the molecule is CCCCC(C)C(C)(C(=O)O)C(=O)O.[KH].[NaH]. The monoisotopic (exact) mass is 266 g/mol. The predicted octanol–water partition coefficient (Wildman–Crippen LogP) is 0.691. The van der Waals surface area contributed by atoms with Crippen molar-refractivity contribution in [3.05, 3.63) is 0 Å². The van der Waals surface area contributed by atoms with E-state index in [0.29, 0.717) is 6.42 Å². The molecule has 0 rings (SSSR count). The Bertz CT molecular complexity index is 219. The molecule has 0 aromatic rings. The molecule has 0 aliphatic carbocycles. The van der Waals surface area contributed by atoms with Crippen molar-refractivity contribution >= 4 is 92.9 Å². The zero-order valence-corrected chi connectivity index (χ0v) is 8.91. The molecule has 0 fully saturated rings. The average molecular weight is 266 g/mol. The van der Waals surface area contributed by atoms with Gasteiger partial charge in [-0.1, -0.05) is 26.7 Å². The second-order valence-corrected chi connectivity index (χ2v) is 3.86. The van der Waals surface area contributed by atoms with E-state index < -0.39 is 17.4 Å². The number of carboxylic acids is 2. The normalized spacial score (nSPS) is 11.9. The van der Waals surface area contributed by atoms with Gasteiger partial charge in [0, 0.05) is 0 Å². The molecule has 0 aromatic heterocycles. The third kappa shape index (κ3) is 5.95. The van der Waals surface area contributed by atoms with Crippen LogP contribution in [-0.4, -0.2) is 103 Å². The van der Waals surface area contributed by atoms with E-state index in [1.165, 1.54) is 6.92 Å². The Morgan fingerprint density at radius 3 is 1.88 bits per heavy atom. The Morgan fingerprint density at radius 2 is 1.62 bits per heavy atom. The molecule has 1 atom stereocenters. The van der Waals surface area contributed by atoms with Crippen LogP contribution in [0.5, 0.6) is 0 Å². The van der Waals surface area contributed by atoms with Crippen LogP contribution >= 0.6 is 0 Å². The summed E-state index contributed by atoms with van der Waals surface area (Å²) in [5.41, 5.74) is -1.66. The van der Waals surface area contributed by atoms with Gasteiger partial charge in [0.2, 0.25) is 0 Å². The van der Waals surface area contributed by atoms with E-state index in [4.69, 9.17) is 10.2 Å². The van der Waals surface area contributed by atoms with Crippen molar-refractivity contribution in [1.82, 2.24) is 0 Å². The molecule has 0 heterocycles. The number of rotatable bonds is 6. The van der Waals surface area contributed by atoms with Gasteiger partial charge in [-0.2, -0.15) is 0 Å². The Kier molecular flexibility index (Phi) is 14.9. The molecule has 0 radical (unpaired) electrons. The maximum absolute atomic E-state index is 10.9. The molecule has 0 saturated heterocycles. The van der Waals surface area contributed by atoms with Crippen molar-refractivity contribution in [3.8, 4) is 0 Å². The van der Waals surface area contributed by atoms with Gasteiger partial charge in [-0.25, -0.2) is 0 Å². The van der Waals surface area contributed by atoms with Crippen molar-refractivity contribution in [2.24, 2.45) is 11.3 Å². The fraction of sp³-hybridized carbons (Fsp3) is 0.800. The first-order valence-electron chi connectivity index (χ1n) is 4.84. The second kappa shape index (κ2) is 10.5. The standard InChI is InChI=1S/C10H18O4.K.Na.2H/c1-4-5-6-7(2)10(3,8(11)12)9(13)14;;;;/h7H,4-6H2,1-3H3,(H,11,12)(H,13,14);;;;. The van der Waals surface area contributed by atoms with Crippen molar-refractivity contribution in [2.75, 3.05) is 0 Å². The topological polar surface area (TPSA) is 74.6 Å².